The maximum atomic E-state index is 13.3. The first-order valence-corrected chi connectivity index (χ1v) is 6.50. The number of rotatable bonds is 1. The van der Waals surface area contributed by atoms with E-state index < -0.39 is 0 Å². The maximum absolute atomic E-state index is 13.3. The lowest BCUT2D eigenvalue weighted by molar-refractivity contribution is 0.533. The van der Waals surface area contributed by atoms with E-state index in [0.29, 0.717) is 0 Å². The van der Waals surface area contributed by atoms with Gasteiger partial charge in [-0.15, -0.1) is 0 Å². The molecule has 0 bridgehead atoms. The zero-order valence-electron chi connectivity index (χ0n) is 11.5. The molecule has 0 spiro atoms. The quantitative estimate of drug-likeness (QED) is 0.743. The Morgan fingerprint density at radius 3 is 2.95 bits per heavy atom. The molecule has 0 aliphatic carbocycles. The van der Waals surface area contributed by atoms with Crippen LogP contribution in [0.2, 0.25) is 0 Å². The number of likely N-dealkylation sites (N-methyl/N-ethyl adjacent to an activating group) is 1. The van der Waals surface area contributed by atoms with Gasteiger partial charge in [0.1, 0.15) is 5.82 Å². The van der Waals surface area contributed by atoms with Gasteiger partial charge in [0, 0.05) is 35.8 Å². The number of nitrogens with zero attached hydrogens (tertiary/aromatic N) is 2. The molecule has 0 fully saturated rings. The van der Waals surface area contributed by atoms with Crippen LogP contribution in [0.3, 0.4) is 0 Å². The summed E-state index contributed by atoms with van der Waals surface area (Å²) in [5.41, 5.74) is 4.87. The van der Waals surface area contributed by atoms with Gasteiger partial charge in [-0.2, -0.15) is 0 Å². The Hall–Kier alpha value is -2.42. The van der Waals surface area contributed by atoms with E-state index in [4.69, 9.17) is 0 Å². The number of fused-ring (bicyclic) bond motifs is 1. The molecular formula is C17H15FN2. The van der Waals surface area contributed by atoms with E-state index in [1.165, 1.54) is 17.8 Å². The van der Waals surface area contributed by atoms with Crippen LogP contribution in [-0.2, 0) is 0 Å². The highest BCUT2D eigenvalue weighted by molar-refractivity contribution is 6.16. The second-order valence-corrected chi connectivity index (χ2v) is 4.86. The van der Waals surface area contributed by atoms with Crippen LogP contribution in [0, 0.1) is 5.82 Å². The Bertz CT molecular complexity index is 706. The summed E-state index contributed by atoms with van der Waals surface area (Å²) >= 11 is 0. The fourth-order valence-electron chi connectivity index (χ4n) is 2.25. The number of hydrogen-bond acceptors (Lipinski definition) is 2. The van der Waals surface area contributed by atoms with Gasteiger partial charge in [0.2, 0.25) is 0 Å². The van der Waals surface area contributed by atoms with Crippen molar-refractivity contribution in [2.75, 3.05) is 7.05 Å². The van der Waals surface area contributed by atoms with Crippen molar-refractivity contribution in [3.63, 3.8) is 0 Å². The molecule has 2 heterocycles. The lowest BCUT2D eigenvalue weighted by Gasteiger charge is -2.23. The van der Waals surface area contributed by atoms with Gasteiger partial charge < -0.3 is 4.90 Å². The summed E-state index contributed by atoms with van der Waals surface area (Å²) in [6, 6.07) is 4.66. The van der Waals surface area contributed by atoms with E-state index in [1.807, 2.05) is 31.4 Å². The van der Waals surface area contributed by atoms with Gasteiger partial charge in [-0.05, 0) is 43.4 Å². The number of halogens is 1. The Labute approximate surface area is 117 Å². The molecular weight excluding hydrogens is 251 g/mol. The van der Waals surface area contributed by atoms with Crippen molar-refractivity contribution >= 4 is 17.5 Å². The molecule has 0 saturated carbocycles. The van der Waals surface area contributed by atoms with Crippen LogP contribution in [-0.4, -0.2) is 18.2 Å². The Balaban J connectivity index is 1.93. The van der Waals surface area contributed by atoms with Gasteiger partial charge in [-0.25, -0.2) is 4.39 Å². The van der Waals surface area contributed by atoms with E-state index in [-0.39, 0.29) is 5.82 Å². The van der Waals surface area contributed by atoms with Gasteiger partial charge >= 0.3 is 0 Å². The zero-order chi connectivity index (χ0) is 14.1. The zero-order valence-corrected chi connectivity index (χ0v) is 11.5. The molecule has 2 nitrogen and oxygen atoms in total. The Morgan fingerprint density at radius 2 is 2.10 bits per heavy atom. The fourth-order valence-corrected chi connectivity index (χ4v) is 2.25. The van der Waals surface area contributed by atoms with Crippen LogP contribution in [0.25, 0.3) is 5.57 Å². The molecule has 3 heteroatoms. The SMILES string of the molecule is CC1=CC=C/C(=C/C=C2/C=Nc3ccc(F)cc32)N1C. The van der Waals surface area contributed by atoms with Crippen molar-refractivity contribution in [2.24, 2.45) is 4.99 Å². The highest BCUT2D eigenvalue weighted by Gasteiger charge is 2.12. The van der Waals surface area contributed by atoms with Crippen molar-refractivity contribution in [1.82, 2.24) is 4.90 Å². The van der Waals surface area contributed by atoms with Crippen molar-refractivity contribution < 1.29 is 4.39 Å². The van der Waals surface area contributed by atoms with Crippen LogP contribution in [0.4, 0.5) is 10.1 Å². The maximum Gasteiger partial charge on any atom is 0.123 e. The molecule has 0 aromatic heterocycles. The predicted octanol–water partition coefficient (Wildman–Crippen LogP) is 4.21. The van der Waals surface area contributed by atoms with Crippen molar-refractivity contribution in [1.29, 1.82) is 0 Å². The summed E-state index contributed by atoms with van der Waals surface area (Å²) in [4.78, 5) is 6.39. The smallest absolute Gasteiger partial charge is 0.123 e. The second kappa shape index (κ2) is 4.93. The number of allylic oxidation sites excluding steroid dienone is 7. The molecule has 0 atom stereocenters. The van der Waals surface area contributed by atoms with E-state index >= 15 is 0 Å². The molecule has 20 heavy (non-hydrogen) atoms. The largest absolute Gasteiger partial charge is 0.348 e. The van der Waals surface area contributed by atoms with Gasteiger partial charge in [0.25, 0.3) is 0 Å². The van der Waals surface area contributed by atoms with Gasteiger partial charge in [-0.3, -0.25) is 4.99 Å². The van der Waals surface area contributed by atoms with Crippen molar-refractivity contribution in [3.8, 4) is 0 Å². The summed E-state index contributed by atoms with van der Waals surface area (Å²) in [6.07, 6.45) is 11.9. The van der Waals surface area contributed by atoms with Gasteiger partial charge in [-0.1, -0.05) is 12.2 Å². The third-order valence-electron chi connectivity index (χ3n) is 3.57. The molecule has 0 N–H and O–H groups in total. The molecule has 3 rings (SSSR count). The molecule has 0 amide bonds. The Kier molecular flexibility index (Phi) is 3.11. The van der Waals surface area contributed by atoms with E-state index in [2.05, 4.69) is 22.9 Å². The molecule has 0 radical (unpaired) electrons. The molecule has 2 aliphatic heterocycles. The molecule has 1 aromatic carbocycles. The topological polar surface area (TPSA) is 15.6 Å². The predicted molar refractivity (Wildman–Crippen MR) is 81.3 cm³/mol. The lowest BCUT2D eigenvalue weighted by atomic mass is 10.1. The van der Waals surface area contributed by atoms with Gasteiger partial charge in [0.15, 0.2) is 0 Å². The normalized spacial score (nSPS) is 20.8. The van der Waals surface area contributed by atoms with Crippen LogP contribution >= 0.6 is 0 Å². The first-order valence-electron chi connectivity index (χ1n) is 6.50. The average molecular weight is 266 g/mol. The summed E-state index contributed by atoms with van der Waals surface area (Å²) < 4.78 is 13.3. The third kappa shape index (κ3) is 2.23. The summed E-state index contributed by atoms with van der Waals surface area (Å²) in [5.74, 6) is -0.235. The van der Waals surface area contributed by atoms with Crippen LogP contribution in [0.15, 0.2) is 65.0 Å². The first kappa shape index (κ1) is 12.6. The van der Waals surface area contributed by atoms with Gasteiger partial charge in [0.05, 0.1) is 5.69 Å². The highest BCUT2D eigenvalue weighted by atomic mass is 19.1. The monoisotopic (exact) mass is 266 g/mol. The summed E-state index contributed by atoms with van der Waals surface area (Å²) in [5, 5.41) is 0. The second-order valence-electron chi connectivity index (χ2n) is 4.86. The Morgan fingerprint density at radius 1 is 1.25 bits per heavy atom. The van der Waals surface area contributed by atoms with Crippen LogP contribution < -0.4 is 0 Å². The van der Waals surface area contributed by atoms with E-state index in [1.54, 1.807) is 12.3 Å². The minimum Gasteiger partial charge on any atom is -0.348 e. The molecule has 0 unspecified atom stereocenters. The molecule has 0 saturated heterocycles. The minimum absolute atomic E-state index is 0.235. The number of hydrogen-bond donors (Lipinski definition) is 0. The standard InChI is InChI=1S/C17H15FN2/c1-12-4-3-5-15(20(12)2)8-6-13-11-19-17-9-7-14(18)10-16(13)17/h3-11H,1-2H3/b13-6-,15-8-. The molecule has 1 aromatic rings. The minimum atomic E-state index is -0.235. The lowest BCUT2D eigenvalue weighted by Crippen LogP contribution is -2.15. The summed E-state index contributed by atoms with van der Waals surface area (Å²) in [6.45, 7) is 2.06. The van der Waals surface area contributed by atoms with E-state index in [9.17, 15) is 4.39 Å². The number of aliphatic imine (C=N–C) groups is 1. The van der Waals surface area contributed by atoms with Crippen LogP contribution in [0.1, 0.15) is 12.5 Å². The third-order valence-corrected chi connectivity index (χ3v) is 3.57. The van der Waals surface area contributed by atoms with Crippen LogP contribution in [0.5, 0.6) is 0 Å². The van der Waals surface area contributed by atoms with E-state index in [0.717, 1.165) is 22.5 Å². The number of benzene rings is 1. The first-order chi connectivity index (χ1) is 9.65. The van der Waals surface area contributed by atoms with Crippen molar-refractivity contribution in [2.45, 2.75) is 6.92 Å². The average Bonchev–Trinajstić information content (AvgIpc) is 2.83. The van der Waals surface area contributed by atoms with Crippen molar-refractivity contribution in [3.05, 3.63) is 71.4 Å². The fraction of sp³-hybridized carbons (Fsp3) is 0.118. The molecule has 2 aliphatic rings. The molecule has 100 valence electrons. The summed E-state index contributed by atoms with van der Waals surface area (Å²) in [7, 11) is 2.02. The highest BCUT2D eigenvalue weighted by Crippen LogP contribution is 2.32.